The summed E-state index contributed by atoms with van der Waals surface area (Å²) >= 11 is 0. The number of benzene rings is 3. The Kier molecular flexibility index (Phi) is 37.8. The van der Waals surface area contributed by atoms with E-state index in [1.165, 1.54) is 80.9 Å². The second-order valence-electron chi connectivity index (χ2n) is 21.5. The molecule has 6 unspecified atom stereocenters. The van der Waals surface area contributed by atoms with E-state index in [-0.39, 0.29) is 39.6 Å². The maximum atomic E-state index is 9.32. The smallest absolute Gasteiger partial charge is 0.102 e. The van der Waals surface area contributed by atoms with E-state index in [9.17, 15) is 20.4 Å². The minimum atomic E-state index is -0.740. The summed E-state index contributed by atoms with van der Waals surface area (Å²) in [4.78, 5) is 0. The molecule has 0 spiro atoms. The maximum absolute atomic E-state index is 9.32. The summed E-state index contributed by atoms with van der Waals surface area (Å²) in [5.74, 6) is 4.40. The number of aliphatic hydroxyl groups is 12. The summed E-state index contributed by atoms with van der Waals surface area (Å²) in [6, 6.07) is 23.6. The fourth-order valence-corrected chi connectivity index (χ4v) is 9.12. The first-order valence-corrected chi connectivity index (χ1v) is 27.3. The predicted octanol–water partition coefficient (Wildman–Crippen LogP) is 7.86. The van der Waals surface area contributed by atoms with Crippen LogP contribution in [0.3, 0.4) is 0 Å². The Hall–Kier alpha value is -2.82. The summed E-state index contributed by atoms with van der Waals surface area (Å²) in [5, 5.41) is 107. The van der Waals surface area contributed by atoms with Gasteiger partial charge in [-0.25, -0.2) is 0 Å². The van der Waals surface area contributed by atoms with Crippen molar-refractivity contribution in [3.05, 3.63) is 106 Å². The molecule has 3 aromatic carbocycles. The van der Waals surface area contributed by atoms with E-state index in [0.717, 1.165) is 78.9 Å². The quantitative estimate of drug-likeness (QED) is 0.0583. The molecule has 12 nitrogen and oxygen atoms in total. The van der Waals surface area contributed by atoms with E-state index < -0.39 is 36.6 Å². The minimum absolute atomic E-state index is 0.0704. The molecule has 3 aliphatic rings. The zero-order valence-electron chi connectivity index (χ0n) is 45.2. The van der Waals surface area contributed by atoms with Crippen LogP contribution in [0.5, 0.6) is 0 Å². The highest BCUT2D eigenvalue weighted by Crippen LogP contribution is 2.33. The van der Waals surface area contributed by atoms with Gasteiger partial charge in [-0.15, -0.1) is 0 Å². The Morgan fingerprint density at radius 2 is 0.792 bits per heavy atom. The fourth-order valence-electron chi connectivity index (χ4n) is 9.12. The maximum Gasteiger partial charge on any atom is 0.102 e. The highest BCUT2D eigenvalue weighted by Gasteiger charge is 2.24. The highest BCUT2D eigenvalue weighted by atomic mass is 16.3. The Morgan fingerprint density at radius 3 is 1.21 bits per heavy atom. The summed E-state index contributed by atoms with van der Waals surface area (Å²) in [6.07, 6.45) is 16.2. The van der Waals surface area contributed by atoms with E-state index >= 15 is 0 Å². The van der Waals surface area contributed by atoms with Crippen molar-refractivity contribution in [3.8, 4) is 0 Å². The molecule has 72 heavy (non-hydrogen) atoms. The van der Waals surface area contributed by atoms with Gasteiger partial charge in [0, 0.05) is 6.42 Å². The van der Waals surface area contributed by atoms with Crippen molar-refractivity contribution < 1.29 is 61.3 Å². The van der Waals surface area contributed by atoms with Crippen LogP contribution in [-0.2, 0) is 12.8 Å². The molecule has 12 N–H and O–H groups in total. The number of hydrogen-bond donors (Lipinski definition) is 12. The van der Waals surface area contributed by atoms with Crippen LogP contribution in [-0.4, -0.2) is 131 Å². The molecule has 3 aliphatic carbocycles. The lowest BCUT2D eigenvalue weighted by Crippen LogP contribution is -2.27. The van der Waals surface area contributed by atoms with Gasteiger partial charge in [-0.1, -0.05) is 174 Å². The van der Waals surface area contributed by atoms with Gasteiger partial charge >= 0.3 is 0 Å². The van der Waals surface area contributed by atoms with Gasteiger partial charge in [-0.3, -0.25) is 0 Å². The van der Waals surface area contributed by atoms with Crippen LogP contribution in [0.4, 0.5) is 0 Å². The molecular weight excluding hydrogens is 913 g/mol. The van der Waals surface area contributed by atoms with Gasteiger partial charge in [0.1, 0.15) is 6.10 Å². The number of rotatable bonds is 18. The van der Waals surface area contributed by atoms with Crippen molar-refractivity contribution in [1.82, 2.24) is 0 Å². The van der Waals surface area contributed by atoms with Gasteiger partial charge in [0.15, 0.2) is 0 Å². The zero-order chi connectivity index (χ0) is 53.8. The van der Waals surface area contributed by atoms with Crippen molar-refractivity contribution in [3.63, 3.8) is 0 Å². The van der Waals surface area contributed by atoms with Gasteiger partial charge in [0.2, 0.25) is 0 Å². The molecule has 0 heterocycles. The van der Waals surface area contributed by atoms with Crippen LogP contribution in [0.1, 0.15) is 163 Å². The molecule has 0 aliphatic heterocycles. The predicted molar refractivity (Wildman–Crippen MR) is 290 cm³/mol. The lowest BCUT2D eigenvalue weighted by Gasteiger charge is -2.28. The minimum Gasteiger partial charge on any atom is -0.394 e. The lowest BCUT2D eigenvalue weighted by molar-refractivity contribution is 0.0271. The topological polar surface area (TPSA) is 243 Å². The molecule has 0 aromatic heterocycles. The summed E-state index contributed by atoms with van der Waals surface area (Å²) < 4.78 is 0. The molecule has 414 valence electrons. The molecule has 3 aromatic rings. The molecule has 0 bridgehead atoms. The summed E-state index contributed by atoms with van der Waals surface area (Å²) in [6.45, 7) is 12.1. The van der Waals surface area contributed by atoms with Crippen molar-refractivity contribution in [2.45, 2.75) is 194 Å². The number of aryl methyl sites for hydroxylation is 4. The molecular formula is C60H102O12. The van der Waals surface area contributed by atoms with E-state index in [4.69, 9.17) is 40.9 Å². The number of aliphatic hydroxyl groups excluding tert-OH is 12. The SMILES string of the molecule is CC1CCC(C(O)CO)CC1.CC1CCC(CC(O)CO)CC1.CC1CCC(CCC(O)CO)CC1.Cc1ccc(C(O)CO)cc1.Cc1ccc(CC(O)CO)cc1.Cc1ccc(CCC(O)CO)cc1. The largest absolute Gasteiger partial charge is 0.394 e. The third-order valence-corrected chi connectivity index (χ3v) is 14.5. The molecule has 0 saturated heterocycles. The molecule has 3 saturated carbocycles. The fraction of sp³-hybridized carbons (Fsp3) is 0.700. The van der Waals surface area contributed by atoms with Gasteiger partial charge < -0.3 is 61.3 Å². The third-order valence-electron chi connectivity index (χ3n) is 14.5. The Morgan fingerprint density at radius 1 is 0.403 bits per heavy atom. The first-order valence-electron chi connectivity index (χ1n) is 27.3. The van der Waals surface area contributed by atoms with Crippen molar-refractivity contribution in [2.24, 2.45) is 35.5 Å². The standard InChI is InChI=1S/C11H22O2.C11H16O2.C10H20O2.C10H14O2.C9H18O2.C9H12O2/c2*1-9-2-4-10(5-3-9)6-7-11(13)8-12;2*1-8-2-4-9(5-3-8)6-10(12)7-11;2*1-7-2-4-8(5-3-7)9(11)6-10/h9-13H,2-8H2,1H3;2-5,11-13H,6-8H2,1H3;8-12H,2-7H2,1H3;2-5,10-12H,6-7H2,1H3;7-11H,2-6H2,1H3;2-5,9-11H,6H2,1H3. The number of hydrogen-bond acceptors (Lipinski definition) is 12. The van der Waals surface area contributed by atoms with Gasteiger partial charge in [-0.2, -0.15) is 0 Å². The average Bonchev–Trinajstić information content (AvgIpc) is 3.40. The third kappa shape index (κ3) is 32.5. The zero-order valence-corrected chi connectivity index (χ0v) is 45.2. The first-order chi connectivity index (χ1) is 34.4. The molecule has 0 amide bonds. The van der Waals surface area contributed by atoms with E-state index in [1.807, 2.05) is 69.3 Å². The van der Waals surface area contributed by atoms with Crippen molar-refractivity contribution in [2.75, 3.05) is 39.6 Å². The summed E-state index contributed by atoms with van der Waals surface area (Å²) in [5.41, 5.74) is 6.63. The Labute approximate surface area is 434 Å². The van der Waals surface area contributed by atoms with Crippen LogP contribution in [0, 0.1) is 56.3 Å². The lowest BCUT2D eigenvalue weighted by atomic mass is 9.80. The van der Waals surface area contributed by atoms with Crippen LogP contribution in [0.2, 0.25) is 0 Å². The van der Waals surface area contributed by atoms with E-state index in [0.29, 0.717) is 24.7 Å². The van der Waals surface area contributed by atoms with Gasteiger partial charge in [0.25, 0.3) is 0 Å². The van der Waals surface area contributed by atoms with Crippen LogP contribution in [0.15, 0.2) is 72.8 Å². The molecule has 6 rings (SSSR count). The van der Waals surface area contributed by atoms with E-state index in [2.05, 4.69) is 45.0 Å². The highest BCUT2D eigenvalue weighted by molar-refractivity contribution is 5.24. The van der Waals surface area contributed by atoms with Crippen LogP contribution in [0.25, 0.3) is 0 Å². The van der Waals surface area contributed by atoms with Gasteiger partial charge in [-0.05, 0) is 118 Å². The second-order valence-corrected chi connectivity index (χ2v) is 21.5. The van der Waals surface area contributed by atoms with Crippen molar-refractivity contribution in [1.29, 1.82) is 0 Å². The first kappa shape index (κ1) is 67.2. The molecule has 12 heteroatoms. The molecule has 6 atom stereocenters. The van der Waals surface area contributed by atoms with Crippen LogP contribution >= 0.6 is 0 Å². The van der Waals surface area contributed by atoms with Crippen LogP contribution < -0.4 is 0 Å². The monoisotopic (exact) mass is 1010 g/mol. The Balaban J connectivity index is 0.000000432. The van der Waals surface area contributed by atoms with Gasteiger partial charge in [0.05, 0.1) is 70.2 Å². The summed E-state index contributed by atoms with van der Waals surface area (Å²) in [7, 11) is 0. The molecule has 3 fully saturated rings. The average molecular weight is 1020 g/mol. The molecule has 0 radical (unpaired) electrons. The van der Waals surface area contributed by atoms with E-state index in [1.54, 1.807) is 0 Å². The van der Waals surface area contributed by atoms with Crippen molar-refractivity contribution >= 4 is 0 Å². The Bertz CT molecular complexity index is 1670. The normalized spacial score (nSPS) is 23.1. The second kappa shape index (κ2) is 40.5.